The van der Waals surface area contributed by atoms with Crippen LogP contribution >= 0.6 is 0 Å². The summed E-state index contributed by atoms with van der Waals surface area (Å²) in [4.78, 5) is 13.1. The Morgan fingerprint density at radius 2 is 1.85 bits per heavy atom. The predicted octanol–water partition coefficient (Wildman–Crippen LogP) is 5.25. The first-order chi connectivity index (χ1) is 18.6. The minimum atomic E-state index is -3.42. The quantitative estimate of drug-likeness (QED) is 0.331. The molecule has 1 fully saturated rings. The van der Waals surface area contributed by atoms with E-state index in [2.05, 4.69) is 5.32 Å². The van der Waals surface area contributed by atoms with E-state index in [1.807, 2.05) is 48.5 Å². The molecule has 1 N–H and O–H groups in total. The average molecular weight is 549 g/mol. The molecule has 1 aliphatic carbocycles. The summed E-state index contributed by atoms with van der Waals surface area (Å²) in [7, 11) is -3.42. The van der Waals surface area contributed by atoms with E-state index in [1.165, 1.54) is 12.1 Å². The number of sulfone groups is 1. The number of rotatable bonds is 6. The SMILES string of the molecule is CS(=O)(=O)c1ccc(-c2cn(-c3ccc4ccccc4c3)nc2C2CCC(F)(F)CC2C(=O)NCC#N)cc1. The number of benzene rings is 3. The van der Waals surface area contributed by atoms with Gasteiger partial charge in [-0.05, 0) is 47.0 Å². The highest BCUT2D eigenvalue weighted by atomic mass is 32.2. The minimum absolute atomic E-state index is 0.0286. The Bertz CT molecular complexity index is 1690. The summed E-state index contributed by atoms with van der Waals surface area (Å²) in [5, 5.41) is 18.2. The predicted molar refractivity (Wildman–Crippen MR) is 143 cm³/mol. The fraction of sp³-hybridized carbons (Fsp3) is 0.276. The standard InChI is InChI=1S/C29H26F2N4O3S/c1-39(37,38)23-10-7-20(8-11-23)26-18-35(22-9-6-19-4-2-3-5-21(19)16-22)34-27(26)24-12-13-29(30,31)17-25(24)28(36)33-15-14-32/h2-11,16,18,24-25H,12-13,15,17H2,1H3,(H,33,36). The molecule has 1 amide bonds. The molecule has 39 heavy (non-hydrogen) atoms. The Labute approximate surface area is 225 Å². The third kappa shape index (κ3) is 5.54. The van der Waals surface area contributed by atoms with Gasteiger partial charge in [0.1, 0.15) is 6.54 Å². The van der Waals surface area contributed by atoms with Crippen molar-refractivity contribution in [2.45, 2.75) is 36.0 Å². The monoisotopic (exact) mass is 548 g/mol. The molecular formula is C29H26F2N4O3S. The van der Waals surface area contributed by atoms with E-state index in [9.17, 15) is 22.0 Å². The largest absolute Gasteiger partial charge is 0.343 e. The fourth-order valence-corrected chi connectivity index (χ4v) is 5.84. The summed E-state index contributed by atoms with van der Waals surface area (Å²) in [5.41, 5.74) is 2.50. The molecule has 2 unspecified atom stereocenters. The highest BCUT2D eigenvalue weighted by Gasteiger charge is 2.46. The van der Waals surface area contributed by atoms with Gasteiger partial charge in [0.15, 0.2) is 9.84 Å². The number of nitrogens with one attached hydrogen (secondary N) is 1. The normalized spacial score (nSPS) is 18.9. The minimum Gasteiger partial charge on any atom is -0.343 e. The van der Waals surface area contributed by atoms with Crippen LogP contribution in [0.4, 0.5) is 8.78 Å². The van der Waals surface area contributed by atoms with E-state index in [1.54, 1.807) is 23.0 Å². The summed E-state index contributed by atoms with van der Waals surface area (Å²) >= 11 is 0. The Kier molecular flexibility index (Phi) is 6.95. The number of hydrogen-bond acceptors (Lipinski definition) is 5. The third-order valence-electron chi connectivity index (χ3n) is 7.19. The molecule has 0 radical (unpaired) electrons. The molecule has 2 atom stereocenters. The van der Waals surface area contributed by atoms with Crippen LogP contribution in [0.3, 0.4) is 0 Å². The van der Waals surface area contributed by atoms with Crippen molar-refractivity contribution >= 4 is 26.5 Å². The van der Waals surface area contributed by atoms with Gasteiger partial charge in [-0.1, -0.05) is 42.5 Å². The molecule has 200 valence electrons. The van der Waals surface area contributed by atoms with E-state index in [-0.39, 0.29) is 17.9 Å². The van der Waals surface area contributed by atoms with Gasteiger partial charge in [0.2, 0.25) is 11.8 Å². The third-order valence-corrected chi connectivity index (χ3v) is 8.32. The van der Waals surface area contributed by atoms with Crippen molar-refractivity contribution in [2.24, 2.45) is 5.92 Å². The lowest BCUT2D eigenvalue weighted by Crippen LogP contribution is -2.41. The number of nitriles is 1. The second kappa shape index (κ2) is 10.2. The zero-order valence-corrected chi connectivity index (χ0v) is 22.0. The molecule has 0 bridgehead atoms. The van der Waals surface area contributed by atoms with E-state index >= 15 is 0 Å². The molecule has 1 aromatic heterocycles. The van der Waals surface area contributed by atoms with Gasteiger partial charge in [-0.25, -0.2) is 21.9 Å². The number of nitrogens with zero attached hydrogens (tertiary/aromatic N) is 3. The number of alkyl halides is 2. The second-order valence-electron chi connectivity index (χ2n) is 9.89. The van der Waals surface area contributed by atoms with Crippen molar-refractivity contribution in [2.75, 3.05) is 12.8 Å². The van der Waals surface area contributed by atoms with Crippen molar-refractivity contribution in [3.05, 3.63) is 78.6 Å². The summed E-state index contributed by atoms with van der Waals surface area (Å²) in [6, 6.07) is 21.8. The number of hydrogen-bond donors (Lipinski definition) is 1. The van der Waals surface area contributed by atoms with Crippen molar-refractivity contribution in [1.82, 2.24) is 15.1 Å². The first-order valence-electron chi connectivity index (χ1n) is 12.5. The van der Waals surface area contributed by atoms with Gasteiger partial charge in [0.25, 0.3) is 0 Å². The van der Waals surface area contributed by atoms with E-state index in [0.717, 1.165) is 22.7 Å². The number of halogens is 2. The lowest BCUT2D eigenvalue weighted by atomic mass is 9.74. The second-order valence-corrected chi connectivity index (χ2v) is 11.9. The summed E-state index contributed by atoms with van der Waals surface area (Å²) < 4.78 is 54.7. The van der Waals surface area contributed by atoms with Gasteiger partial charge in [-0.3, -0.25) is 4.79 Å². The molecular weight excluding hydrogens is 522 g/mol. The van der Waals surface area contributed by atoms with Crippen LogP contribution in [-0.4, -0.2) is 42.8 Å². The van der Waals surface area contributed by atoms with E-state index < -0.39 is 46.3 Å². The molecule has 1 aliphatic rings. The first-order valence-corrected chi connectivity index (χ1v) is 14.4. The molecule has 0 aliphatic heterocycles. The molecule has 1 saturated carbocycles. The number of fused-ring (bicyclic) bond motifs is 1. The smallest absolute Gasteiger partial charge is 0.249 e. The molecule has 0 spiro atoms. The molecule has 7 nitrogen and oxygen atoms in total. The van der Waals surface area contributed by atoms with Crippen LogP contribution in [-0.2, 0) is 14.6 Å². The fourth-order valence-electron chi connectivity index (χ4n) is 5.21. The van der Waals surface area contributed by atoms with E-state index in [0.29, 0.717) is 16.8 Å². The van der Waals surface area contributed by atoms with Crippen LogP contribution in [0.5, 0.6) is 0 Å². The van der Waals surface area contributed by atoms with Crippen molar-refractivity contribution in [3.8, 4) is 22.9 Å². The topological polar surface area (TPSA) is 105 Å². The van der Waals surface area contributed by atoms with E-state index in [4.69, 9.17) is 10.4 Å². The zero-order valence-electron chi connectivity index (χ0n) is 21.1. The van der Waals surface area contributed by atoms with Crippen LogP contribution in [0.1, 0.15) is 30.9 Å². The first kappa shape index (κ1) is 26.5. The zero-order chi connectivity index (χ0) is 27.8. The van der Waals surface area contributed by atoms with Crippen molar-refractivity contribution < 1.29 is 22.0 Å². The Hall–Kier alpha value is -4.10. The van der Waals surface area contributed by atoms with Gasteiger partial charge in [-0.15, -0.1) is 0 Å². The van der Waals surface area contributed by atoms with Gasteiger partial charge in [0, 0.05) is 36.8 Å². The van der Waals surface area contributed by atoms with Crippen LogP contribution in [0.2, 0.25) is 0 Å². The van der Waals surface area contributed by atoms with Gasteiger partial charge >= 0.3 is 0 Å². The lowest BCUT2D eigenvalue weighted by molar-refractivity contribution is -0.133. The number of carbonyl (C=O) groups excluding carboxylic acids is 1. The number of aromatic nitrogens is 2. The summed E-state index contributed by atoms with van der Waals surface area (Å²) in [6.07, 6.45) is 1.89. The van der Waals surface area contributed by atoms with Crippen molar-refractivity contribution in [1.29, 1.82) is 5.26 Å². The molecule has 1 heterocycles. The molecule has 0 saturated heterocycles. The van der Waals surface area contributed by atoms with Crippen LogP contribution in [0, 0.1) is 17.2 Å². The maximum atomic E-state index is 14.5. The van der Waals surface area contributed by atoms with Crippen LogP contribution < -0.4 is 5.32 Å². The van der Waals surface area contributed by atoms with Gasteiger partial charge in [-0.2, -0.15) is 10.4 Å². The highest BCUT2D eigenvalue weighted by Crippen LogP contribution is 2.47. The maximum Gasteiger partial charge on any atom is 0.249 e. The molecule has 5 rings (SSSR count). The van der Waals surface area contributed by atoms with Crippen LogP contribution in [0.15, 0.2) is 77.8 Å². The highest BCUT2D eigenvalue weighted by molar-refractivity contribution is 7.90. The molecule has 10 heteroatoms. The van der Waals surface area contributed by atoms with Crippen molar-refractivity contribution in [3.63, 3.8) is 0 Å². The molecule has 4 aromatic rings. The summed E-state index contributed by atoms with van der Waals surface area (Å²) in [6.45, 7) is -0.279. The Morgan fingerprint density at radius 3 is 2.54 bits per heavy atom. The summed E-state index contributed by atoms with van der Waals surface area (Å²) in [5.74, 6) is -5.34. The Balaban J connectivity index is 1.64. The maximum absolute atomic E-state index is 14.5. The number of carbonyl (C=O) groups is 1. The lowest BCUT2D eigenvalue weighted by Gasteiger charge is -2.34. The Morgan fingerprint density at radius 1 is 1.13 bits per heavy atom. The van der Waals surface area contributed by atoms with Gasteiger partial charge < -0.3 is 5.32 Å². The number of amides is 1. The molecule has 3 aromatic carbocycles. The van der Waals surface area contributed by atoms with Crippen LogP contribution in [0.25, 0.3) is 27.6 Å². The van der Waals surface area contributed by atoms with Gasteiger partial charge in [0.05, 0.1) is 28.3 Å². The average Bonchev–Trinajstić information content (AvgIpc) is 3.36.